The molecule has 16 heavy (non-hydrogen) atoms. The van der Waals surface area contributed by atoms with E-state index in [2.05, 4.69) is 36.9 Å². The van der Waals surface area contributed by atoms with Gasteiger partial charge < -0.3 is 0 Å². The van der Waals surface area contributed by atoms with E-state index in [0.29, 0.717) is 0 Å². The molecule has 1 aromatic rings. The first-order valence-electron chi connectivity index (χ1n) is 5.70. The van der Waals surface area contributed by atoms with Crippen LogP contribution in [0.3, 0.4) is 0 Å². The molecular formula is C14H20N2. The van der Waals surface area contributed by atoms with Crippen LogP contribution < -0.4 is 0 Å². The molecule has 1 rings (SSSR count). The first-order chi connectivity index (χ1) is 7.71. The van der Waals surface area contributed by atoms with E-state index >= 15 is 0 Å². The minimum Gasteiger partial charge on any atom is -0.300 e. The highest BCUT2D eigenvalue weighted by Crippen LogP contribution is 2.12. The molecule has 0 amide bonds. The Morgan fingerprint density at radius 2 is 2.06 bits per heavy atom. The van der Waals surface area contributed by atoms with Gasteiger partial charge in [0, 0.05) is 12.7 Å². The molecular weight excluding hydrogens is 196 g/mol. The second kappa shape index (κ2) is 6.23. The van der Waals surface area contributed by atoms with Crippen molar-refractivity contribution in [1.82, 2.24) is 9.88 Å². The number of hydrogen-bond donors (Lipinski definition) is 0. The van der Waals surface area contributed by atoms with E-state index in [1.165, 1.54) is 0 Å². The topological polar surface area (TPSA) is 16.1 Å². The maximum Gasteiger partial charge on any atom is 0.0669 e. The zero-order valence-electron chi connectivity index (χ0n) is 10.2. The van der Waals surface area contributed by atoms with E-state index in [-0.39, 0.29) is 0 Å². The lowest BCUT2D eigenvalue weighted by molar-refractivity contribution is 0.342. The van der Waals surface area contributed by atoms with Gasteiger partial charge in [-0.05, 0) is 30.3 Å². The summed E-state index contributed by atoms with van der Waals surface area (Å²) in [6, 6.07) is 4.02. The molecule has 86 valence electrons. The number of aromatic nitrogens is 1. The Bertz CT molecular complexity index is 348. The minimum absolute atomic E-state index is 0.882. The second-order valence-electron chi connectivity index (χ2n) is 3.75. The lowest BCUT2D eigenvalue weighted by Crippen LogP contribution is -2.24. The fourth-order valence-corrected chi connectivity index (χ4v) is 1.53. The van der Waals surface area contributed by atoms with Crippen molar-refractivity contribution in [2.24, 2.45) is 0 Å². The molecule has 2 heteroatoms. The van der Waals surface area contributed by atoms with Crippen LogP contribution in [0.4, 0.5) is 0 Å². The third-order valence-corrected chi connectivity index (χ3v) is 2.69. The molecule has 0 aliphatic rings. The molecule has 1 aromatic heterocycles. The van der Waals surface area contributed by atoms with E-state index in [1.807, 2.05) is 18.3 Å². The Morgan fingerprint density at radius 1 is 1.38 bits per heavy atom. The molecule has 0 radical (unpaired) electrons. The number of nitrogens with zero attached hydrogens (tertiary/aromatic N) is 2. The molecule has 0 bridgehead atoms. The van der Waals surface area contributed by atoms with Gasteiger partial charge in [-0.2, -0.15) is 0 Å². The van der Waals surface area contributed by atoms with E-state index in [4.69, 9.17) is 0 Å². The van der Waals surface area contributed by atoms with Crippen LogP contribution >= 0.6 is 0 Å². The van der Waals surface area contributed by atoms with Gasteiger partial charge in [-0.3, -0.25) is 9.88 Å². The van der Waals surface area contributed by atoms with Crippen molar-refractivity contribution < 1.29 is 0 Å². The Balaban J connectivity index is 2.68. The molecule has 0 N–H and O–H groups in total. The fourth-order valence-electron chi connectivity index (χ4n) is 1.53. The predicted octanol–water partition coefficient (Wildman–Crippen LogP) is 3.08. The van der Waals surface area contributed by atoms with Crippen LogP contribution in [0.1, 0.15) is 25.1 Å². The summed E-state index contributed by atoms with van der Waals surface area (Å²) in [7, 11) is 0. The quantitative estimate of drug-likeness (QED) is 0.726. The maximum atomic E-state index is 4.37. The molecule has 1 heterocycles. The van der Waals surface area contributed by atoms with Crippen LogP contribution in [0.5, 0.6) is 0 Å². The summed E-state index contributed by atoms with van der Waals surface area (Å²) in [5.41, 5.74) is 3.08. The van der Waals surface area contributed by atoms with Crippen molar-refractivity contribution in [3.63, 3.8) is 0 Å². The first-order valence-corrected chi connectivity index (χ1v) is 5.70. The SMILES string of the molecule is C=Cc1ccc(C(=C)CN(CC)CC)nc1. The number of likely N-dealkylation sites (N-methyl/N-ethyl adjacent to an activating group) is 1. The van der Waals surface area contributed by atoms with Gasteiger partial charge >= 0.3 is 0 Å². The van der Waals surface area contributed by atoms with Crippen LogP contribution in [0.2, 0.25) is 0 Å². The normalized spacial score (nSPS) is 10.4. The molecule has 0 aromatic carbocycles. The summed E-state index contributed by atoms with van der Waals surface area (Å²) in [5.74, 6) is 0. The number of rotatable bonds is 6. The summed E-state index contributed by atoms with van der Waals surface area (Å²) in [5, 5.41) is 0. The lowest BCUT2D eigenvalue weighted by atomic mass is 10.1. The molecule has 0 spiro atoms. The van der Waals surface area contributed by atoms with Crippen molar-refractivity contribution >= 4 is 11.6 Å². The molecule has 0 saturated heterocycles. The Labute approximate surface area is 98.3 Å². The zero-order chi connectivity index (χ0) is 12.0. The van der Waals surface area contributed by atoms with Crippen LogP contribution in [0.25, 0.3) is 11.6 Å². The summed E-state index contributed by atoms with van der Waals surface area (Å²) >= 11 is 0. The fraction of sp³-hybridized carbons (Fsp3) is 0.357. The Morgan fingerprint density at radius 3 is 2.50 bits per heavy atom. The average Bonchev–Trinajstić information content (AvgIpc) is 2.35. The molecule has 0 saturated carbocycles. The van der Waals surface area contributed by atoms with E-state index in [9.17, 15) is 0 Å². The summed E-state index contributed by atoms with van der Waals surface area (Å²) in [6.07, 6.45) is 3.62. The molecule has 0 unspecified atom stereocenters. The molecule has 2 nitrogen and oxygen atoms in total. The minimum atomic E-state index is 0.882. The van der Waals surface area contributed by atoms with Gasteiger partial charge in [-0.25, -0.2) is 0 Å². The van der Waals surface area contributed by atoms with Crippen molar-refractivity contribution in [2.75, 3.05) is 19.6 Å². The monoisotopic (exact) mass is 216 g/mol. The Kier molecular flexibility index (Phi) is 4.93. The molecule has 0 atom stereocenters. The second-order valence-corrected chi connectivity index (χ2v) is 3.75. The van der Waals surface area contributed by atoms with E-state index in [0.717, 1.165) is 36.5 Å². The van der Waals surface area contributed by atoms with Crippen molar-refractivity contribution in [3.05, 3.63) is 42.7 Å². The average molecular weight is 216 g/mol. The van der Waals surface area contributed by atoms with Gasteiger partial charge in [0.15, 0.2) is 0 Å². The summed E-state index contributed by atoms with van der Waals surface area (Å²) in [4.78, 5) is 6.70. The van der Waals surface area contributed by atoms with Crippen LogP contribution in [-0.2, 0) is 0 Å². The maximum absolute atomic E-state index is 4.37. The first kappa shape index (κ1) is 12.7. The third-order valence-electron chi connectivity index (χ3n) is 2.69. The molecule has 0 aliphatic carbocycles. The van der Waals surface area contributed by atoms with E-state index < -0.39 is 0 Å². The largest absolute Gasteiger partial charge is 0.300 e. The van der Waals surface area contributed by atoms with Crippen LogP contribution in [0, 0.1) is 0 Å². The lowest BCUT2D eigenvalue weighted by Gasteiger charge is -2.19. The standard InChI is InChI=1S/C14H20N2/c1-5-13-8-9-14(15-10-13)12(4)11-16(6-2)7-3/h5,8-10H,1,4,6-7,11H2,2-3H3. The van der Waals surface area contributed by atoms with Gasteiger partial charge in [0.05, 0.1) is 5.69 Å². The van der Waals surface area contributed by atoms with Crippen LogP contribution in [0.15, 0.2) is 31.5 Å². The highest BCUT2D eigenvalue weighted by atomic mass is 15.1. The van der Waals surface area contributed by atoms with Gasteiger partial charge in [0.25, 0.3) is 0 Å². The smallest absolute Gasteiger partial charge is 0.0669 e. The van der Waals surface area contributed by atoms with Crippen molar-refractivity contribution in [3.8, 4) is 0 Å². The number of pyridine rings is 1. The van der Waals surface area contributed by atoms with Crippen molar-refractivity contribution in [1.29, 1.82) is 0 Å². The summed E-state index contributed by atoms with van der Waals surface area (Å²) < 4.78 is 0. The highest BCUT2D eigenvalue weighted by molar-refractivity contribution is 5.62. The predicted molar refractivity (Wildman–Crippen MR) is 71.2 cm³/mol. The van der Waals surface area contributed by atoms with Crippen molar-refractivity contribution in [2.45, 2.75) is 13.8 Å². The molecule has 0 fully saturated rings. The summed E-state index contributed by atoms with van der Waals surface area (Å²) in [6.45, 7) is 15.1. The van der Waals surface area contributed by atoms with Gasteiger partial charge in [-0.1, -0.05) is 39.1 Å². The highest BCUT2D eigenvalue weighted by Gasteiger charge is 2.05. The van der Waals surface area contributed by atoms with Gasteiger partial charge in [0.2, 0.25) is 0 Å². The van der Waals surface area contributed by atoms with Gasteiger partial charge in [-0.15, -0.1) is 0 Å². The van der Waals surface area contributed by atoms with Gasteiger partial charge in [0.1, 0.15) is 0 Å². The third kappa shape index (κ3) is 3.31. The Hall–Kier alpha value is -1.41. The number of hydrogen-bond acceptors (Lipinski definition) is 2. The zero-order valence-corrected chi connectivity index (χ0v) is 10.2. The van der Waals surface area contributed by atoms with Crippen LogP contribution in [-0.4, -0.2) is 29.5 Å². The molecule has 0 aliphatic heterocycles. The van der Waals surface area contributed by atoms with E-state index in [1.54, 1.807) is 6.08 Å².